The third kappa shape index (κ3) is 5.15. The molecule has 0 N–H and O–H groups in total. The van der Waals surface area contributed by atoms with Gasteiger partial charge < -0.3 is 4.43 Å². The summed E-state index contributed by atoms with van der Waals surface area (Å²) in [5, 5.41) is 0. The highest BCUT2D eigenvalue weighted by atomic mass is 28.4. The van der Waals surface area contributed by atoms with Crippen LogP contribution in [0, 0.1) is 6.92 Å². The van der Waals surface area contributed by atoms with E-state index in [1.165, 1.54) is 0 Å². The summed E-state index contributed by atoms with van der Waals surface area (Å²) in [6, 6.07) is 12.1. The second kappa shape index (κ2) is 6.67. The number of nitrogens with zero attached hydrogens (tertiary/aromatic N) is 2. The van der Waals surface area contributed by atoms with Crippen LogP contribution >= 0.6 is 0 Å². The molecular formula is C17H22N2OSi. The Kier molecular flexibility index (Phi) is 4.91. The average molecular weight is 298 g/mol. The van der Waals surface area contributed by atoms with E-state index in [1.54, 1.807) is 0 Å². The number of aliphatic imine (C=N–C) groups is 1. The van der Waals surface area contributed by atoms with Gasteiger partial charge in [-0.15, -0.1) is 0 Å². The van der Waals surface area contributed by atoms with E-state index in [2.05, 4.69) is 35.7 Å². The highest BCUT2D eigenvalue weighted by Crippen LogP contribution is 2.22. The number of pyridine rings is 1. The van der Waals surface area contributed by atoms with E-state index >= 15 is 0 Å². The zero-order chi connectivity index (χ0) is 15.3. The molecule has 1 heterocycles. The maximum absolute atomic E-state index is 6.10. The highest BCUT2D eigenvalue weighted by molar-refractivity contribution is 6.70. The van der Waals surface area contributed by atoms with Crippen molar-refractivity contribution in [1.29, 1.82) is 0 Å². The van der Waals surface area contributed by atoms with Crippen LogP contribution in [0.4, 0.5) is 0 Å². The molecule has 21 heavy (non-hydrogen) atoms. The quantitative estimate of drug-likeness (QED) is 0.612. The van der Waals surface area contributed by atoms with Crippen LogP contribution in [0.3, 0.4) is 0 Å². The van der Waals surface area contributed by atoms with Crippen molar-refractivity contribution >= 4 is 14.5 Å². The third-order valence-electron chi connectivity index (χ3n) is 2.81. The van der Waals surface area contributed by atoms with Gasteiger partial charge in [0.05, 0.1) is 12.2 Å². The summed E-state index contributed by atoms with van der Waals surface area (Å²) in [5.74, 6) is 0.950. The monoisotopic (exact) mass is 298 g/mol. The van der Waals surface area contributed by atoms with Crippen LogP contribution in [0.1, 0.15) is 16.8 Å². The first kappa shape index (κ1) is 15.4. The molecule has 2 aromatic rings. The average Bonchev–Trinajstić information content (AvgIpc) is 2.41. The maximum Gasteiger partial charge on any atom is 0.242 e. The Bertz CT molecular complexity index is 615. The van der Waals surface area contributed by atoms with Gasteiger partial charge in [0.1, 0.15) is 5.75 Å². The zero-order valence-electron chi connectivity index (χ0n) is 13.1. The van der Waals surface area contributed by atoms with Gasteiger partial charge in [0.2, 0.25) is 8.32 Å². The SMILES string of the molecule is Cc1ccc(C=NCc2ccccc2O[Si](C)(C)C)nc1. The number of hydrogen-bond acceptors (Lipinski definition) is 3. The summed E-state index contributed by atoms with van der Waals surface area (Å²) < 4.78 is 6.10. The number of rotatable bonds is 5. The fourth-order valence-corrected chi connectivity index (χ4v) is 2.72. The van der Waals surface area contributed by atoms with E-state index < -0.39 is 8.32 Å². The van der Waals surface area contributed by atoms with Gasteiger partial charge in [0.25, 0.3) is 0 Å². The first-order valence-corrected chi connectivity index (χ1v) is 10.5. The van der Waals surface area contributed by atoms with Crippen LogP contribution in [-0.2, 0) is 6.54 Å². The van der Waals surface area contributed by atoms with Crippen LogP contribution < -0.4 is 4.43 Å². The first-order chi connectivity index (χ1) is 9.94. The molecule has 0 aliphatic heterocycles. The molecule has 0 saturated heterocycles. The van der Waals surface area contributed by atoms with Gasteiger partial charge >= 0.3 is 0 Å². The summed E-state index contributed by atoms with van der Waals surface area (Å²) in [5.41, 5.74) is 3.15. The topological polar surface area (TPSA) is 34.5 Å². The van der Waals surface area contributed by atoms with E-state index in [1.807, 2.05) is 49.7 Å². The van der Waals surface area contributed by atoms with Gasteiger partial charge in [-0.2, -0.15) is 0 Å². The number of para-hydroxylation sites is 1. The van der Waals surface area contributed by atoms with Gasteiger partial charge in [0, 0.05) is 18.0 Å². The van der Waals surface area contributed by atoms with Crippen LogP contribution in [-0.4, -0.2) is 19.5 Å². The van der Waals surface area contributed by atoms with Gasteiger partial charge in [-0.05, 0) is 44.3 Å². The lowest BCUT2D eigenvalue weighted by molar-refractivity contribution is 0.549. The Morgan fingerprint density at radius 3 is 2.57 bits per heavy atom. The number of hydrogen-bond donors (Lipinski definition) is 0. The van der Waals surface area contributed by atoms with Crippen molar-refractivity contribution in [3.8, 4) is 5.75 Å². The van der Waals surface area contributed by atoms with Crippen LogP contribution in [0.15, 0.2) is 47.6 Å². The fraction of sp³-hybridized carbons (Fsp3) is 0.294. The largest absolute Gasteiger partial charge is 0.544 e. The van der Waals surface area contributed by atoms with Crippen molar-refractivity contribution in [3.63, 3.8) is 0 Å². The minimum absolute atomic E-state index is 0.607. The molecule has 0 fully saturated rings. The van der Waals surface area contributed by atoms with E-state index in [9.17, 15) is 0 Å². The lowest BCUT2D eigenvalue weighted by Crippen LogP contribution is -2.29. The van der Waals surface area contributed by atoms with Crippen LogP contribution in [0.2, 0.25) is 19.6 Å². The Balaban J connectivity index is 2.07. The van der Waals surface area contributed by atoms with Crippen molar-refractivity contribution in [2.45, 2.75) is 33.1 Å². The molecule has 0 saturated carbocycles. The molecular weight excluding hydrogens is 276 g/mol. The number of benzene rings is 1. The molecule has 1 aromatic carbocycles. The summed E-state index contributed by atoms with van der Waals surface area (Å²) in [4.78, 5) is 8.80. The van der Waals surface area contributed by atoms with Crippen molar-refractivity contribution < 1.29 is 4.43 Å². The fourth-order valence-electron chi connectivity index (χ4n) is 1.86. The molecule has 4 heteroatoms. The summed E-state index contributed by atoms with van der Waals surface area (Å²) >= 11 is 0. The molecule has 2 rings (SSSR count). The minimum Gasteiger partial charge on any atom is -0.544 e. The van der Waals surface area contributed by atoms with Crippen LogP contribution in [0.25, 0.3) is 0 Å². The molecule has 0 spiro atoms. The Labute approximate surface area is 127 Å². The molecule has 0 amide bonds. The molecule has 0 bridgehead atoms. The lowest BCUT2D eigenvalue weighted by Gasteiger charge is -2.21. The van der Waals surface area contributed by atoms with Crippen molar-refractivity contribution in [3.05, 3.63) is 59.4 Å². The third-order valence-corrected chi connectivity index (χ3v) is 3.64. The second-order valence-corrected chi connectivity index (χ2v) is 10.5. The van der Waals surface area contributed by atoms with Gasteiger partial charge in [-0.25, -0.2) is 0 Å². The van der Waals surface area contributed by atoms with Crippen LogP contribution in [0.5, 0.6) is 5.75 Å². The molecule has 0 atom stereocenters. The zero-order valence-corrected chi connectivity index (χ0v) is 14.1. The van der Waals surface area contributed by atoms with Gasteiger partial charge in [0.15, 0.2) is 0 Å². The molecule has 3 nitrogen and oxygen atoms in total. The Hall–Kier alpha value is -1.94. The second-order valence-electron chi connectivity index (χ2n) is 6.05. The van der Waals surface area contributed by atoms with Gasteiger partial charge in [-0.3, -0.25) is 9.98 Å². The van der Waals surface area contributed by atoms with Crippen molar-refractivity contribution in [2.24, 2.45) is 4.99 Å². The van der Waals surface area contributed by atoms with Crippen molar-refractivity contribution in [2.75, 3.05) is 0 Å². The predicted molar refractivity (Wildman–Crippen MR) is 90.7 cm³/mol. The number of aryl methyl sites for hydroxylation is 1. The normalized spacial score (nSPS) is 11.8. The smallest absolute Gasteiger partial charge is 0.242 e. The first-order valence-electron chi connectivity index (χ1n) is 7.13. The Morgan fingerprint density at radius 1 is 1.14 bits per heavy atom. The molecule has 0 aliphatic rings. The molecule has 0 aliphatic carbocycles. The van der Waals surface area contributed by atoms with Gasteiger partial charge in [-0.1, -0.05) is 24.3 Å². The molecule has 1 aromatic heterocycles. The standard InChI is InChI=1S/C17H22N2OSi/c1-14-9-10-16(19-11-14)13-18-12-15-7-5-6-8-17(15)20-21(2,3)4/h5-11,13H,12H2,1-4H3. The van der Waals surface area contributed by atoms with E-state index in [0.29, 0.717) is 6.54 Å². The van der Waals surface area contributed by atoms with E-state index in [4.69, 9.17) is 4.43 Å². The maximum atomic E-state index is 6.10. The summed E-state index contributed by atoms with van der Waals surface area (Å²) in [6.07, 6.45) is 3.66. The van der Waals surface area contributed by atoms with E-state index in [0.717, 1.165) is 22.6 Å². The Morgan fingerprint density at radius 2 is 1.90 bits per heavy atom. The molecule has 110 valence electrons. The lowest BCUT2D eigenvalue weighted by atomic mass is 10.2. The minimum atomic E-state index is -1.60. The summed E-state index contributed by atoms with van der Waals surface area (Å²) in [7, 11) is -1.60. The molecule has 0 unspecified atom stereocenters. The number of aromatic nitrogens is 1. The predicted octanol–water partition coefficient (Wildman–Crippen LogP) is 4.22. The van der Waals surface area contributed by atoms with Crippen molar-refractivity contribution in [1.82, 2.24) is 4.98 Å². The highest BCUT2D eigenvalue weighted by Gasteiger charge is 2.17. The summed E-state index contributed by atoms with van der Waals surface area (Å²) in [6.45, 7) is 9.18. The molecule has 0 radical (unpaired) electrons. The van der Waals surface area contributed by atoms with E-state index in [-0.39, 0.29) is 0 Å².